The van der Waals surface area contributed by atoms with Crippen molar-refractivity contribution >= 4 is 27.3 Å². The first-order valence-electron chi connectivity index (χ1n) is 7.12. The number of hydrogen-bond donors (Lipinski definition) is 0. The largest absolute Gasteiger partial charge is 0.467 e. The molecule has 112 valence electrons. The summed E-state index contributed by atoms with van der Waals surface area (Å²) in [5, 5.41) is 2.06. The lowest BCUT2D eigenvalue weighted by molar-refractivity contribution is 0.223. The molecule has 0 saturated heterocycles. The summed E-state index contributed by atoms with van der Waals surface area (Å²) in [6.07, 6.45) is 4.66. The van der Waals surface area contributed by atoms with Crippen LogP contribution in [0.5, 0.6) is 0 Å². The van der Waals surface area contributed by atoms with E-state index in [9.17, 15) is 0 Å². The molecule has 3 aromatic rings. The molecule has 1 aliphatic rings. The van der Waals surface area contributed by atoms with Gasteiger partial charge in [0.2, 0.25) is 0 Å². The zero-order valence-corrected chi connectivity index (χ0v) is 14.2. The molecule has 4 nitrogen and oxygen atoms in total. The van der Waals surface area contributed by atoms with Crippen LogP contribution in [0, 0.1) is 0 Å². The quantitative estimate of drug-likeness (QED) is 0.690. The molecule has 0 fully saturated rings. The summed E-state index contributed by atoms with van der Waals surface area (Å²) in [4.78, 5) is 12.8. The van der Waals surface area contributed by atoms with Crippen LogP contribution in [0.1, 0.15) is 17.0 Å². The molecule has 0 aliphatic carbocycles. The standard InChI is InChI=1S/C16H14BrN3OS/c17-12-6-13(21-10-12)9-20-4-3-14-11(8-20)7-18-16(19-14)15-2-1-5-22-15/h1-2,5-7,10H,3-4,8-9H2. The Bertz CT molecular complexity index is 785. The average Bonchev–Trinajstić information content (AvgIpc) is 3.19. The molecule has 0 aromatic carbocycles. The highest BCUT2D eigenvalue weighted by molar-refractivity contribution is 9.10. The number of rotatable bonds is 3. The van der Waals surface area contributed by atoms with Gasteiger partial charge in [0.05, 0.1) is 21.6 Å². The number of aromatic nitrogens is 2. The number of halogens is 1. The van der Waals surface area contributed by atoms with Crippen molar-refractivity contribution < 1.29 is 4.42 Å². The van der Waals surface area contributed by atoms with Gasteiger partial charge in [-0.15, -0.1) is 11.3 Å². The number of furan rings is 1. The third-order valence-electron chi connectivity index (χ3n) is 3.76. The van der Waals surface area contributed by atoms with Gasteiger partial charge in [-0.3, -0.25) is 4.90 Å². The van der Waals surface area contributed by atoms with Crippen LogP contribution >= 0.6 is 27.3 Å². The number of nitrogens with zero attached hydrogens (tertiary/aromatic N) is 3. The normalized spacial score (nSPS) is 15.0. The van der Waals surface area contributed by atoms with E-state index in [1.807, 2.05) is 18.3 Å². The molecule has 1 aliphatic heterocycles. The topological polar surface area (TPSA) is 42.2 Å². The van der Waals surface area contributed by atoms with Crippen LogP contribution in [0.3, 0.4) is 0 Å². The summed E-state index contributed by atoms with van der Waals surface area (Å²) >= 11 is 5.10. The SMILES string of the molecule is Brc1coc(CN2CCc3nc(-c4cccs4)ncc3C2)c1. The average molecular weight is 376 g/mol. The van der Waals surface area contributed by atoms with E-state index in [1.165, 1.54) is 11.3 Å². The zero-order chi connectivity index (χ0) is 14.9. The molecule has 22 heavy (non-hydrogen) atoms. The van der Waals surface area contributed by atoms with Gasteiger partial charge in [-0.1, -0.05) is 6.07 Å². The fourth-order valence-electron chi connectivity index (χ4n) is 2.69. The molecule has 0 unspecified atom stereocenters. The van der Waals surface area contributed by atoms with Gasteiger partial charge in [-0.25, -0.2) is 9.97 Å². The molecule has 0 atom stereocenters. The van der Waals surface area contributed by atoms with Crippen molar-refractivity contribution in [3.63, 3.8) is 0 Å². The maximum absolute atomic E-state index is 5.50. The van der Waals surface area contributed by atoms with Crippen LogP contribution in [-0.4, -0.2) is 21.4 Å². The Morgan fingerprint density at radius 2 is 2.36 bits per heavy atom. The van der Waals surface area contributed by atoms with E-state index < -0.39 is 0 Å². The van der Waals surface area contributed by atoms with Gasteiger partial charge in [0.15, 0.2) is 5.82 Å². The lowest BCUT2D eigenvalue weighted by Gasteiger charge is -2.27. The summed E-state index contributed by atoms with van der Waals surface area (Å²) in [6, 6.07) is 6.12. The Hall–Kier alpha value is -1.50. The monoisotopic (exact) mass is 375 g/mol. The van der Waals surface area contributed by atoms with Crippen molar-refractivity contribution in [2.45, 2.75) is 19.5 Å². The molecule has 0 spiro atoms. The Kier molecular flexibility index (Phi) is 3.82. The molecule has 0 radical (unpaired) electrons. The molecule has 4 heterocycles. The smallest absolute Gasteiger partial charge is 0.169 e. The fourth-order valence-corrected chi connectivity index (χ4v) is 3.70. The minimum atomic E-state index is 0.817. The zero-order valence-electron chi connectivity index (χ0n) is 11.8. The highest BCUT2D eigenvalue weighted by atomic mass is 79.9. The van der Waals surface area contributed by atoms with Gasteiger partial charge >= 0.3 is 0 Å². The Morgan fingerprint density at radius 3 is 3.14 bits per heavy atom. The van der Waals surface area contributed by atoms with E-state index in [1.54, 1.807) is 17.6 Å². The summed E-state index contributed by atoms with van der Waals surface area (Å²) < 4.78 is 6.49. The lowest BCUT2D eigenvalue weighted by Crippen LogP contribution is -2.30. The molecular weight excluding hydrogens is 362 g/mol. The minimum Gasteiger partial charge on any atom is -0.467 e. The number of hydrogen-bond acceptors (Lipinski definition) is 5. The van der Waals surface area contributed by atoms with Crippen LogP contribution < -0.4 is 0 Å². The first-order valence-corrected chi connectivity index (χ1v) is 8.79. The summed E-state index contributed by atoms with van der Waals surface area (Å²) in [7, 11) is 0. The van der Waals surface area contributed by atoms with Crippen LogP contribution in [-0.2, 0) is 19.5 Å². The Labute approximate surface area is 141 Å². The van der Waals surface area contributed by atoms with Gasteiger partial charge in [0.25, 0.3) is 0 Å². The highest BCUT2D eigenvalue weighted by Gasteiger charge is 2.20. The van der Waals surface area contributed by atoms with Crippen molar-refractivity contribution in [1.82, 2.24) is 14.9 Å². The Morgan fingerprint density at radius 1 is 1.41 bits per heavy atom. The third-order valence-corrected chi connectivity index (χ3v) is 5.04. The molecule has 0 N–H and O–H groups in total. The van der Waals surface area contributed by atoms with Gasteiger partial charge in [-0.05, 0) is 33.4 Å². The minimum absolute atomic E-state index is 0.817. The molecule has 0 bridgehead atoms. The van der Waals surface area contributed by atoms with Gasteiger partial charge < -0.3 is 4.42 Å². The van der Waals surface area contributed by atoms with Crippen LogP contribution in [0.2, 0.25) is 0 Å². The number of fused-ring (bicyclic) bond motifs is 1. The maximum atomic E-state index is 5.50. The van der Waals surface area contributed by atoms with Crippen molar-refractivity contribution in [3.8, 4) is 10.7 Å². The van der Waals surface area contributed by atoms with Crippen molar-refractivity contribution in [3.05, 3.63) is 57.5 Å². The summed E-state index contributed by atoms with van der Waals surface area (Å²) in [5.41, 5.74) is 2.40. The molecule has 4 rings (SSSR count). The van der Waals surface area contributed by atoms with Crippen LogP contribution in [0.15, 0.2) is 44.9 Å². The van der Waals surface area contributed by atoms with Crippen molar-refractivity contribution in [2.75, 3.05) is 6.54 Å². The van der Waals surface area contributed by atoms with E-state index in [0.717, 1.165) is 47.0 Å². The van der Waals surface area contributed by atoms with E-state index >= 15 is 0 Å². The van der Waals surface area contributed by atoms with Gasteiger partial charge in [0.1, 0.15) is 12.0 Å². The first kappa shape index (κ1) is 14.1. The fraction of sp³-hybridized carbons (Fsp3) is 0.250. The molecule has 0 amide bonds. The Balaban J connectivity index is 1.52. The van der Waals surface area contributed by atoms with Crippen LogP contribution in [0.4, 0.5) is 0 Å². The predicted molar refractivity (Wildman–Crippen MR) is 89.6 cm³/mol. The first-order chi connectivity index (χ1) is 10.8. The summed E-state index contributed by atoms with van der Waals surface area (Å²) in [6.45, 7) is 2.68. The second-order valence-corrected chi connectivity index (χ2v) is 7.20. The molecule has 6 heteroatoms. The molecular formula is C16H14BrN3OS. The molecule has 0 saturated carbocycles. The van der Waals surface area contributed by atoms with E-state index in [4.69, 9.17) is 9.40 Å². The highest BCUT2D eigenvalue weighted by Crippen LogP contribution is 2.25. The van der Waals surface area contributed by atoms with Crippen molar-refractivity contribution in [1.29, 1.82) is 0 Å². The maximum Gasteiger partial charge on any atom is 0.169 e. The number of thiophene rings is 1. The predicted octanol–water partition coefficient (Wildman–Crippen LogP) is 4.12. The second-order valence-electron chi connectivity index (χ2n) is 5.33. The van der Waals surface area contributed by atoms with E-state index in [-0.39, 0.29) is 0 Å². The van der Waals surface area contributed by atoms with E-state index in [0.29, 0.717) is 0 Å². The lowest BCUT2D eigenvalue weighted by atomic mass is 10.1. The van der Waals surface area contributed by atoms with Crippen LogP contribution in [0.25, 0.3) is 10.7 Å². The van der Waals surface area contributed by atoms with Gasteiger partial charge in [-0.2, -0.15) is 0 Å². The molecule has 3 aromatic heterocycles. The van der Waals surface area contributed by atoms with Gasteiger partial charge in [0, 0.05) is 31.3 Å². The van der Waals surface area contributed by atoms with Crippen molar-refractivity contribution in [2.24, 2.45) is 0 Å². The summed E-state index contributed by atoms with van der Waals surface area (Å²) in [5.74, 6) is 1.82. The third kappa shape index (κ3) is 2.86. The second kappa shape index (κ2) is 5.95. The van der Waals surface area contributed by atoms with E-state index in [2.05, 4.69) is 37.3 Å².